The molecule has 1 aliphatic carbocycles. The van der Waals surface area contributed by atoms with Crippen LogP contribution < -0.4 is 5.32 Å². The number of fused-ring (bicyclic) bond motifs is 2. The van der Waals surface area contributed by atoms with Crippen LogP contribution >= 0.6 is 11.6 Å². The van der Waals surface area contributed by atoms with Gasteiger partial charge in [-0.3, -0.25) is 4.79 Å². The van der Waals surface area contributed by atoms with E-state index in [-0.39, 0.29) is 28.6 Å². The number of pyridine rings is 1. The topological polar surface area (TPSA) is 62.3 Å². The van der Waals surface area contributed by atoms with Crippen molar-refractivity contribution in [1.82, 2.24) is 9.88 Å². The van der Waals surface area contributed by atoms with Crippen molar-refractivity contribution >= 4 is 29.1 Å². The highest BCUT2D eigenvalue weighted by molar-refractivity contribution is 6.34. The molecular formula is C22H21ClFN3O2. The number of rotatable bonds is 4. The van der Waals surface area contributed by atoms with Crippen molar-refractivity contribution in [2.24, 2.45) is 5.92 Å². The number of aromatic nitrogens is 1. The van der Waals surface area contributed by atoms with Crippen molar-refractivity contribution in [3.8, 4) is 11.1 Å². The summed E-state index contributed by atoms with van der Waals surface area (Å²) in [6.07, 6.45) is 4.14. The number of halogens is 2. The van der Waals surface area contributed by atoms with E-state index in [4.69, 9.17) is 11.6 Å². The summed E-state index contributed by atoms with van der Waals surface area (Å²) in [5.74, 6) is 0.125. The van der Waals surface area contributed by atoms with Crippen LogP contribution in [0.2, 0.25) is 5.02 Å². The van der Waals surface area contributed by atoms with Gasteiger partial charge in [-0.15, -0.1) is 0 Å². The summed E-state index contributed by atoms with van der Waals surface area (Å²) < 4.78 is 15.4. The van der Waals surface area contributed by atoms with E-state index in [0.717, 1.165) is 30.8 Å². The van der Waals surface area contributed by atoms with Gasteiger partial charge < -0.3 is 15.0 Å². The number of hydrogen-bond donors (Lipinski definition) is 1. The van der Waals surface area contributed by atoms with E-state index in [1.165, 1.54) is 6.07 Å². The Kier molecular flexibility index (Phi) is 4.17. The van der Waals surface area contributed by atoms with Gasteiger partial charge in [-0.05, 0) is 25.8 Å². The first-order valence-corrected chi connectivity index (χ1v) is 10.3. The van der Waals surface area contributed by atoms with E-state index in [0.29, 0.717) is 35.7 Å². The van der Waals surface area contributed by atoms with Crippen LogP contribution in [0.25, 0.3) is 11.1 Å². The number of carbonyl (C=O) groups excluding carboxylic acids is 2. The molecule has 2 fully saturated rings. The third kappa shape index (κ3) is 2.92. The summed E-state index contributed by atoms with van der Waals surface area (Å²) in [4.78, 5) is 30.1. The van der Waals surface area contributed by atoms with Gasteiger partial charge in [-0.2, -0.15) is 0 Å². The molecule has 0 bridgehead atoms. The minimum absolute atomic E-state index is 0.0274. The second-order valence-corrected chi connectivity index (χ2v) is 8.87. The van der Waals surface area contributed by atoms with Gasteiger partial charge in [0.25, 0.3) is 5.91 Å². The molecule has 3 heterocycles. The third-order valence-electron chi connectivity index (χ3n) is 6.33. The molecule has 1 aromatic carbocycles. The number of Topliss-reactive ketones (excluding diaryl/α,β-unsaturated/α-hetero) is 1. The van der Waals surface area contributed by atoms with E-state index in [1.807, 2.05) is 0 Å². The van der Waals surface area contributed by atoms with E-state index < -0.39 is 5.82 Å². The first kappa shape index (κ1) is 18.6. The van der Waals surface area contributed by atoms with Gasteiger partial charge in [0, 0.05) is 60.3 Å². The van der Waals surface area contributed by atoms with Crippen LogP contribution in [0.4, 0.5) is 10.2 Å². The summed E-state index contributed by atoms with van der Waals surface area (Å²) in [5.41, 5.74) is 1.84. The molecule has 150 valence electrons. The fourth-order valence-electron chi connectivity index (χ4n) is 4.56. The molecule has 2 aromatic rings. The first-order chi connectivity index (χ1) is 13.9. The average Bonchev–Trinajstić information content (AvgIpc) is 3.33. The highest BCUT2D eigenvalue weighted by Gasteiger charge is 2.51. The van der Waals surface area contributed by atoms with Crippen molar-refractivity contribution in [1.29, 1.82) is 0 Å². The maximum atomic E-state index is 15.4. The van der Waals surface area contributed by atoms with Gasteiger partial charge in [-0.1, -0.05) is 23.7 Å². The Balaban J connectivity index is 1.45. The van der Waals surface area contributed by atoms with Crippen LogP contribution in [0.15, 0.2) is 24.4 Å². The molecule has 0 atom stereocenters. The summed E-state index contributed by atoms with van der Waals surface area (Å²) in [6.45, 7) is 3.33. The number of hydrogen-bond acceptors (Lipinski definition) is 4. The number of amides is 1. The van der Waals surface area contributed by atoms with Crippen LogP contribution in [-0.4, -0.2) is 41.2 Å². The fraction of sp³-hybridized carbons (Fsp3) is 0.409. The van der Waals surface area contributed by atoms with Gasteiger partial charge in [0.05, 0.1) is 10.6 Å². The molecule has 1 N–H and O–H groups in total. The minimum Gasteiger partial charge on any atom is -0.369 e. The number of nitrogens with zero attached hydrogens (tertiary/aromatic N) is 2. The quantitative estimate of drug-likeness (QED) is 0.821. The first-order valence-electron chi connectivity index (χ1n) is 9.90. The Morgan fingerprint density at radius 3 is 2.76 bits per heavy atom. The average molecular weight is 414 g/mol. The number of likely N-dealkylation sites (tertiary alicyclic amines) is 1. The van der Waals surface area contributed by atoms with Crippen molar-refractivity contribution in [2.45, 2.75) is 31.6 Å². The minimum atomic E-state index is -0.577. The molecule has 7 heteroatoms. The van der Waals surface area contributed by atoms with E-state index >= 15 is 4.39 Å². The van der Waals surface area contributed by atoms with Crippen LogP contribution in [0, 0.1) is 11.7 Å². The molecule has 5 nitrogen and oxygen atoms in total. The Bertz CT molecular complexity index is 1040. The van der Waals surface area contributed by atoms with Crippen LogP contribution in [0.3, 0.4) is 0 Å². The van der Waals surface area contributed by atoms with Gasteiger partial charge in [0.1, 0.15) is 17.4 Å². The summed E-state index contributed by atoms with van der Waals surface area (Å²) >= 11 is 6.71. The number of ketones is 1. The SMILES string of the molecule is CC(=O)CC1CN(C(=O)c2cccc(-c3cnc4c(c3Cl)C3(CC3)CN4)c2F)C1. The molecule has 3 aliphatic rings. The van der Waals surface area contributed by atoms with Crippen molar-refractivity contribution in [3.05, 3.63) is 46.4 Å². The summed E-state index contributed by atoms with van der Waals surface area (Å²) in [5, 5.41) is 3.81. The summed E-state index contributed by atoms with van der Waals surface area (Å²) in [7, 11) is 0. The Labute approximate surface area is 173 Å². The monoisotopic (exact) mass is 413 g/mol. The highest BCUT2D eigenvalue weighted by Crippen LogP contribution is 2.57. The zero-order chi connectivity index (χ0) is 20.3. The van der Waals surface area contributed by atoms with Gasteiger partial charge in [0.2, 0.25) is 0 Å². The Hall–Kier alpha value is -2.47. The molecule has 1 spiro atoms. The lowest BCUT2D eigenvalue weighted by molar-refractivity contribution is -0.118. The lowest BCUT2D eigenvalue weighted by Gasteiger charge is -2.39. The van der Waals surface area contributed by atoms with Crippen LogP contribution in [0.5, 0.6) is 0 Å². The fourth-order valence-corrected chi connectivity index (χ4v) is 5.00. The van der Waals surface area contributed by atoms with E-state index in [1.54, 1.807) is 30.2 Å². The molecule has 1 amide bonds. The second kappa shape index (κ2) is 6.52. The Morgan fingerprint density at radius 1 is 1.31 bits per heavy atom. The molecule has 0 radical (unpaired) electrons. The van der Waals surface area contributed by atoms with E-state index in [2.05, 4.69) is 10.3 Å². The third-order valence-corrected chi connectivity index (χ3v) is 6.73. The highest BCUT2D eigenvalue weighted by atomic mass is 35.5. The van der Waals surface area contributed by atoms with Gasteiger partial charge in [-0.25, -0.2) is 9.37 Å². The lowest BCUT2D eigenvalue weighted by atomic mass is 9.92. The normalized spacial score (nSPS) is 18.9. The number of carbonyl (C=O) groups is 2. The summed E-state index contributed by atoms with van der Waals surface area (Å²) in [6, 6.07) is 4.81. The van der Waals surface area contributed by atoms with Gasteiger partial charge >= 0.3 is 0 Å². The lowest BCUT2D eigenvalue weighted by Crippen LogP contribution is -2.50. The Morgan fingerprint density at radius 2 is 2.07 bits per heavy atom. The molecule has 1 saturated carbocycles. The largest absolute Gasteiger partial charge is 0.369 e. The maximum Gasteiger partial charge on any atom is 0.256 e. The zero-order valence-electron chi connectivity index (χ0n) is 16.1. The van der Waals surface area contributed by atoms with Crippen molar-refractivity contribution in [2.75, 3.05) is 25.0 Å². The predicted octanol–water partition coefficient (Wildman–Crippen LogP) is 4.05. The van der Waals surface area contributed by atoms with Gasteiger partial charge in [0.15, 0.2) is 0 Å². The zero-order valence-corrected chi connectivity index (χ0v) is 16.9. The molecule has 1 saturated heterocycles. The smallest absolute Gasteiger partial charge is 0.256 e. The van der Waals surface area contributed by atoms with Crippen molar-refractivity contribution in [3.63, 3.8) is 0 Å². The number of anilines is 1. The van der Waals surface area contributed by atoms with Crippen LogP contribution in [0.1, 0.15) is 42.1 Å². The molecular weight excluding hydrogens is 393 g/mol. The van der Waals surface area contributed by atoms with Crippen LogP contribution in [-0.2, 0) is 10.2 Å². The maximum absolute atomic E-state index is 15.4. The predicted molar refractivity (Wildman–Crippen MR) is 109 cm³/mol. The molecule has 1 aromatic heterocycles. The molecule has 0 unspecified atom stereocenters. The molecule has 5 rings (SSSR count). The molecule has 2 aliphatic heterocycles. The number of nitrogens with one attached hydrogen (secondary N) is 1. The second-order valence-electron chi connectivity index (χ2n) is 8.49. The standard InChI is InChI=1S/C22H21ClFN3O2/c1-12(28)7-13-9-27(10-13)21(29)15-4-2-3-14(19(15)24)16-8-25-20-17(18(16)23)22(5-6-22)11-26-20/h2-4,8,13H,5-7,9-11H2,1H3,(H,25,26). The van der Waals surface area contributed by atoms with Crippen molar-refractivity contribution < 1.29 is 14.0 Å². The van der Waals surface area contributed by atoms with E-state index in [9.17, 15) is 9.59 Å². The number of benzene rings is 1. The molecule has 29 heavy (non-hydrogen) atoms.